The van der Waals surface area contributed by atoms with Crippen molar-refractivity contribution in [1.29, 1.82) is 0 Å². The highest BCUT2D eigenvalue weighted by atomic mass is 15.3. The molecule has 2 aromatic heterocycles. The molecule has 2 aliphatic rings. The first-order valence-corrected chi connectivity index (χ1v) is 8.98. The van der Waals surface area contributed by atoms with Crippen LogP contribution in [0.3, 0.4) is 0 Å². The lowest BCUT2D eigenvalue weighted by Crippen LogP contribution is -2.23. The minimum absolute atomic E-state index is 0.531. The molecule has 2 fully saturated rings. The molecule has 0 bridgehead atoms. The van der Waals surface area contributed by atoms with E-state index < -0.39 is 0 Å². The van der Waals surface area contributed by atoms with Gasteiger partial charge in [-0.05, 0) is 38.8 Å². The summed E-state index contributed by atoms with van der Waals surface area (Å²) in [5.74, 6) is 2.65. The Labute approximate surface area is 143 Å². The molecule has 0 amide bonds. The summed E-state index contributed by atoms with van der Waals surface area (Å²) in [5.41, 5.74) is 2.24. The minimum Gasteiger partial charge on any atom is -0.341 e. The van der Waals surface area contributed by atoms with E-state index in [2.05, 4.69) is 45.6 Å². The van der Waals surface area contributed by atoms with E-state index in [9.17, 15) is 0 Å². The number of rotatable bonds is 4. The molecule has 0 N–H and O–H groups in total. The van der Waals surface area contributed by atoms with Gasteiger partial charge in [-0.2, -0.15) is 0 Å². The van der Waals surface area contributed by atoms with Crippen LogP contribution < -0.4 is 4.90 Å². The van der Waals surface area contributed by atoms with E-state index in [1.807, 2.05) is 6.20 Å². The highest BCUT2D eigenvalue weighted by Gasteiger charge is 2.27. The molecule has 6 heteroatoms. The van der Waals surface area contributed by atoms with Crippen LogP contribution in [0.15, 0.2) is 18.5 Å². The fourth-order valence-corrected chi connectivity index (χ4v) is 3.97. The molecule has 0 radical (unpaired) electrons. The largest absolute Gasteiger partial charge is 0.341 e. The van der Waals surface area contributed by atoms with Crippen molar-refractivity contribution in [2.75, 3.05) is 31.1 Å². The average Bonchev–Trinajstić information content (AvgIpc) is 3.29. The second kappa shape index (κ2) is 6.51. The molecule has 0 aromatic carbocycles. The third-order valence-corrected chi connectivity index (χ3v) is 5.15. The smallest absolute Gasteiger partial charge is 0.225 e. The van der Waals surface area contributed by atoms with Crippen LogP contribution in [0.25, 0.3) is 0 Å². The maximum absolute atomic E-state index is 4.79. The van der Waals surface area contributed by atoms with Crippen LogP contribution in [-0.2, 0) is 13.6 Å². The van der Waals surface area contributed by atoms with Gasteiger partial charge in [0, 0.05) is 51.5 Å². The molecule has 4 heterocycles. The Bertz CT molecular complexity index is 703. The van der Waals surface area contributed by atoms with E-state index in [1.54, 1.807) is 0 Å². The van der Waals surface area contributed by atoms with Crippen LogP contribution in [-0.4, -0.2) is 50.6 Å². The molecule has 128 valence electrons. The predicted molar refractivity (Wildman–Crippen MR) is 94.1 cm³/mol. The van der Waals surface area contributed by atoms with Crippen molar-refractivity contribution in [2.24, 2.45) is 7.05 Å². The number of aryl methyl sites for hydroxylation is 2. The summed E-state index contributed by atoms with van der Waals surface area (Å²) in [4.78, 5) is 18.7. The van der Waals surface area contributed by atoms with Crippen molar-refractivity contribution < 1.29 is 0 Å². The third-order valence-electron chi connectivity index (χ3n) is 5.15. The van der Waals surface area contributed by atoms with Gasteiger partial charge in [-0.1, -0.05) is 0 Å². The lowest BCUT2D eigenvalue weighted by atomic mass is 10.1. The van der Waals surface area contributed by atoms with E-state index >= 15 is 0 Å². The first-order chi connectivity index (χ1) is 11.7. The molecule has 2 aromatic rings. The van der Waals surface area contributed by atoms with Gasteiger partial charge in [-0.25, -0.2) is 15.0 Å². The van der Waals surface area contributed by atoms with Crippen molar-refractivity contribution in [2.45, 2.75) is 38.6 Å². The molecule has 0 unspecified atom stereocenters. The second-order valence-electron chi connectivity index (χ2n) is 7.11. The number of anilines is 1. The molecule has 0 spiro atoms. The van der Waals surface area contributed by atoms with Gasteiger partial charge in [0.1, 0.15) is 5.82 Å². The molecular weight excluding hydrogens is 300 g/mol. The Morgan fingerprint density at radius 3 is 2.75 bits per heavy atom. The minimum atomic E-state index is 0.531. The third kappa shape index (κ3) is 3.15. The molecule has 0 saturated carbocycles. The van der Waals surface area contributed by atoms with Gasteiger partial charge in [0.05, 0.1) is 11.4 Å². The molecule has 4 rings (SSSR count). The summed E-state index contributed by atoms with van der Waals surface area (Å²) in [6.45, 7) is 7.33. The fraction of sp³-hybridized carbons (Fsp3) is 0.611. The first-order valence-electron chi connectivity index (χ1n) is 8.98. The number of likely N-dealkylation sites (tertiary alicyclic amines) is 1. The predicted octanol–water partition coefficient (Wildman–Crippen LogP) is 2.11. The quantitative estimate of drug-likeness (QED) is 0.861. The molecule has 2 saturated heterocycles. The maximum Gasteiger partial charge on any atom is 0.225 e. The fourth-order valence-electron chi connectivity index (χ4n) is 3.97. The van der Waals surface area contributed by atoms with Gasteiger partial charge >= 0.3 is 0 Å². The Morgan fingerprint density at radius 1 is 1.17 bits per heavy atom. The van der Waals surface area contributed by atoms with Crippen molar-refractivity contribution >= 4 is 5.95 Å². The average molecular weight is 326 g/mol. The number of aromatic nitrogens is 4. The van der Waals surface area contributed by atoms with Gasteiger partial charge in [0.15, 0.2) is 0 Å². The monoisotopic (exact) mass is 326 g/mol. The summed E-state index contributed by atoms with van der Waals surface area (Å²) < 4.78 is 2.18. The van der Waals surface area contributed by atoms with Crippen molar-refractivity contribution in [3.05, 3.63) is 35.7 Å². The number of nitrogens with zero attached hydrogens (tertiary/aromatic N) is 6. The van der Waals surface area contributed by atoms with Crippen LogP contribution in [0.2, 0.25) is 0 Å². The number of imidazole rings is 1. The number of hydrogen-bond acceptors (Lipinski definition) is 5. The molecule has 0 aliphatic carbocycles. The second-order valence-corrected chi connectivity index (χ2v) is 7.11. The zero-order chi connectivity index (χ0) is 16.5. The van der Waals surface area contributed by atoms with Crippen LogP contribution in [0, 0.1) is 6.92 Å². The maximum atomic E-state index is 4.79. The Hall–Kier alpha value is -1.95. The summed E-state index contributed by atoms with van der Waals surface area (Å²) in [5, 5.41) is 0. The van der Waals surface area contributed by atoms with Gasteiger partial charge in [0.25, 0.3) is 0 Å². The van der Waals surface area contributed by atoms with Gasteiger partial charge in [0.2, 0.25) is 5.95 Å². The highest BCUT2D eigenvalue weighted by Crippen LogP contribution is 2.27. The van der Waals surface area contributed by atoms with Crippen LogP contribution >= 0.6 is 0 Å². The lowest BCUT2D eigenvalue weighted by molar-refractivity contribution is 0.321. The topological polar surface area (TPSA) is 50.1 Å². The van der Waals surface area contributed by atoms with Gasteiger partial charge in [-0.15, -0.1) is 0 Å². The Kier molecular flexibility index (Phi) is 4.22. The lowest BCUT2D eigenvalue weighted by Gasteiger charge is -2.18. The van der Waals surface area contributed by atoms with Gasteiger partial charge < -0.3 is 9.47 Å². The summed E-state index contributed by atoms with van der Waals surface area (Å²) in [7, 11) is 2.10. The van der Waals surface area contributed by atoms with Gasteiger partial charge in [-0.3, -0.25) is 4.90 Å². The van der Waals surface area contributed by atoms with E-state index in [0.29, 0.717) is 5.92 Å². The Balaban J connectivity index is 1.41. The van der Waals surface area contributed by atoms with E-state index in [-0.39, 0.29) is 0 Å². The Morgan fingerprint density at radius 2 is 2.00 bits per heavy atom. The summed E-state index contributed by atoms with van der Waals surface area (Å²) >= 11 is 0. The van der Waals surface area contributed by atoms with E-state index in [4.69, 9.17) is 9.97 Å². The van der Waals surface area contributed by atoms with Crippen molar-refractivity contribution in [1.82, 2.24) is 24.4 Å². The zero-order valence-electron chi connectivity index (χ0n) is 14.6. The standard InChI is InChI=1S/C18H26N6/c1-14-11-22(2)17(20-14)15-6-10-23(12-15)13-16-5-7-19-18(21-16)24-8-3-4-9-24/h5,7,11,15H,3-4,6,8-10,12-13H2,1-2H3/t15-/m1/s1. The van der Waals surface area contributed by atoms with E-state index in [0.717, 1.165) is 50.1 Å². The van der Waals surface area contributed by atoms with Crippen LogP contribution in [0.4, 0.5) is 5.95 Å². The first kappa shape index (κ1) is 15.6. The molecule has 6 nitrogen and oxygen atoms in total. The molecule has 1 atom stereocenters. The zero-order valence-corrected chi connectivity index (χ0v) is 14.6. The van der Waals surface area contributed by atoms with Crippen molar-refractivity contribution in [3.63, 3.8) is 0 Å². The SMILES string of the molecule is Cc1cn(C)c([C@@H]2CCN(Cc3ccnc(N4CCCC4)n3)C2)n1. The van der Waals surface area contributed by atoms with E-state index in [1.165, 1.54) is 25.1 Å². The highest BCUT2D eigenvalue weighted by molar-refractivity contribution is 5.31. The summed E-state index contributed by atoms with van der Waals surface area (Å²) in [6.07, 6.45) is 7.71. The molecule has 2 aliphatic heterocycles. The summed E-state index contributed by atoms with van der Waals surface area (Å²) in [6, 6.07) is 2.05. The van der Waals surface area contributed by atoms with Crippen LogP contribution in [0.5, 0.6) is 0 Å². The normalized spacial score (nSPS) is 21.8. The van der Waals surface area contributed by atoms with Crippen molar-refractivity contribution in [3.8, 4) is 0 Å². The van der Waals surface area contributed by atoms with Crippen LogP contribution in [0.1, 0.15) is 42.4 Å². The molecule has 24 heavy (non-hydrogen) atoms. The number of hydrogen-bond donors (Lipinski definition) is 0. The molecular formula is C18H26N6.